The summed E-state index contributed by atoms with van der Waals surface area (Å²) in [6, 6.07) is 53.9. The first-order chi connectivity index (χ1) is 32.0. The molecule has 0 saturated carbocycles. The third kappa shape index (κ3) is 20.5. The van der Waals surface area contributed by atoms with Crippen molar-refractivity contribution in [2.75, 3.05) is 59.6 Å². The molecule has 4 unspecified atom stereocenters. The smallest absolute Gasteiger partial charge is 0.418 e. The van der Waals surface area contributed by atoms with E-state index in [1.807, 2.05) is 24.3 Å². The Morgan fingerprint density at radius 2 is 0.507 bits per heavy atom. The van der Waals surface area contributed by atoms with Gasteiger partial charge in [0.25, 0.3) is 0 Å². The van der Waals surface area contributed by atoms with Crippen molar-refractivity contribution in [2.24, 2.45) is 0 Å². The van der Waals surface area contributed by atoms with Gasteiger partial charge in [-0.05, 0) is 97.1 Å². The van der Waals surface area contributed by atoms with Crippen LogP contribution in [0.25, 0.3) is 0 Å². The van der Waals surface area contributed by atoms with Gasteiger partial charge in [0.2, 0.25) is 0 Å². The van der Waals surface area contributed by atoms with Gasteiger partial charge in [-0.2, -0.15) is 26.3 Å². The summed E-state index contributed by atoms with van der Waals surface area (Å²) in [4.78, 5) is 4.69. The Morgan fingerprint density at radius 3 is 0.681 bits per heavy atom. The van der Waals surface area contributed by atoms with Gasteiger partial charge in [-0.15, -0.1) is 0 Å². The van der Waals surface area contributed by atoms with E-state index in [0.29, 0.717) is 0 Å². The summed E-state index contributed by atoms with van der Waals surface area (Å²) in [5.74, 6) is 0. The van der Waals surface area contributed by atoms with Gasteiger partial charge in [0.1, 0.15) is 25.1 Å². The van der Waals surface area contributed by atoms with E-state index in [4.69, 9.17) is 0 Å². The molecule has 372 valence electrons. The van der Waals surface area contributed by atoms with Gasteiger partial charge in [-0.1, -0.05) is 72.8 Å². The SMILES string of the molecule is FC(F)(F)c1ccc(N2C[PH+](c3ccccc3)CC[PH+](c3ccccc3)C2)cc1.FC(F)(F)c1ccc(N2C[PH+](c3ccccc3)CC[PH+](c3ccccc3)C2)cc1.F[B-](F)(F)F.F[B-](F)(F)F.[Ni+2]. The summed E-state index contributed by atoms with van der Waals surface area (Å²) < 4.78 is 156. The second kappa shape index (κ2) is 26.7. The quantitative estimate of drug-likeness (QED) is 0.0932. The maximum absolute atomic E-state index is 13.0. The normalized spacial score (nSPS) is 18.8. The van der Waals surface area contributed by atoms with Gasteiger partial charge >= 0.3 is 43.4 Å². The predicted molar refractivity (Wildman–Crippen MR) is 265 cm³/mol. The molecule has 2 aliphatic heterocycles. The zero-order valence-electron chi connectivity index (χ0n) is 36.5. The van der Waals surface area contributed by atoms with Gasteiger partial charge < -0.3 is 44.3 Å². The predicted octanol–water partition coefficient (Wildman–Crippen LogP) is 13.6. The molecular weight excluding hydrogens is 1050 g/mol. The first-order valence-corrected chi connectivity index (χ1v) is 28.9. The molecule has 4 atom stereocenters. The molecular formula is C46H48B2F14N2NiP4+4. The van der Waals surface area contributed by atoms with Gasteiger partial charge in [0.15, 0.2) is 0 Å². The molecule has 6 aromatic carbocycles. The van der Waals surface area contributed by atoms with Gasteiger partial charge in [0.05, 0.1) is 88.7 Å². The first kappa shape index (κ1) is 57.9. The number of alkyl halides is 6. The van der Waals surface area contributed by atoms with Crippen molar-refractivity contribution in [3.63, 3.8) is 0 Å². The molecule has 69 heavy (non-hydrogen) atoms. The molecule has 2 heterocycles. The molecule has 0 radical (unpaired) electrons. The van der Waals surface area contributed by atoms with Gasteiger partial charge in [-0.3, -0.25) is 0 Å². The summed E-state index contributed by atoms with van der Waals surface area (Å²) in [6.45, 7) is 0. The first-order valence-electron chi connectivity index (χ1n) is 21.2. The van der Waals surface area contributed by atoms with Crippen molar-refractivity contribution in [3.05, 3.63) is 181 Å². The van der Waals surface area contributed by atoms with E-state index < -0.39 is 69.7 Å². The monoisotopic (exact) mass is 1100 g/mol. The van der Waals surface area contributed by atoms with E-state index in [1.165, 1.54) is 70.1 Å². The summed E-state index contributed by atoms with van der Waals surface area (Å²) >= 11 is 0. The average molecular weight is 1100 g/mol. The second-order valence-electron chi connectivity index (χ2n) is 15.7. The summed E-state index contributed by atoms with van der Waals surface area (Å²) in [6.07, 6.45) is -0.0528. The van der Waals surface area contributed by atoms with E-state index in [1.54, 1.807) is 24.3 Å². The molecule has 0 spiro atoms. The van der Waals surface area contributed by atoms with Crippen LogP contribution in [0.4, 0.5) is 72.2 Å². The standard InChI is InChI=1S/2C23H22F3NP2.2BF4.Ni/c2*24-23(25,26)19-11-13-20(14-12-19)27-17-28(21-7-3-1-4-8-21)15-16-29(18-27)22-9-5-2-6-10-22;2*2-1(3,4)5;/h2*1-14H,15-18H2;;;/q;;2*-1;+2/p+4. The molecule has 0 N–H and O–H groups in total. The molecule has 2 saturated heterocycles. The Balaban J connectivity index is 0.000000248. The molecule has 0 amide bonds. The molecule has 23 heteroatoms. The molecule has 2 fully saturated rings. The number of benzene rings is 6. The van der Waals surface area contributed by atoms with Crippen LogP contribution in [0, 0.1) is 0 Å². The van der Waals surface area contributed by atoms with Crippen LogP contribution in [0.2, 0.25) is 0 Å². The minimum Gasteiger partial charge on any atom is -0.418 e. The summed E-state index contributed by atoms with van der Waals surface area (Å²) in [5, 5.41) is 5.63. The third-order valence-corrected chi connectivity index (χ3v) is 22.9. The molecule has 0 aliphatic carbocycles. The number of anilines is 2. The van der Waals surface area contributed by atoms with Crippen LogP contribution in [-0.4, -0.2) is 64.3 Å². The minimum atomic E-state index is -6.00. The van der Waals surface area contributed by atoms with E-state index in [-0.39, 0.29) is 16.5 Å². The zero-order valence-corrected chi connectivity index (χ0v) is 41.5. The van der Waals surface area contributed by atoms with Crippen LogP contribution >= 0.6 is 31.7 Å². The zero-order chi connectivity index (χ0) is 49.5. The molecule has 0 bridgehead atoms. The molecule has 0 aromatic heterocycles. The molecule has 2 nitrogen and oxygen atoms in total. The Hall–Kier alpha value is -3.72. The number of rotatable bonds is 6. The van der Waals surface area contributed by atoms with Crippen LogP contribution in [0.3, 0.4) is 0 Å². The maximum atomic E-state index is 13.0. The van der Waals surface area contributed by atoms with Crippen molar-refractivity contribution in [1.82, 2.24) is 0 Å². The molecule has 8 rings (SSSR count). The van der Waals surface area contributed by atoms with Crippen molar-refractivity contribution in [3.8, 4) is 0 Å². The van der Waals surface area contributed by atoms with Crippen molar-refractivity contribution in [2.45, 2.75) is 12.4 Å². The second-order valence-corrected chi connectivity index (χ2v) is 26.1. The van der Waals surface area contributed by atoms with Gasteiger partial charge in [0, 0.05) is 11.4 Å². The van der Waals surface area contributed by atoms with Crippen LogP contribution in [0.15, 0.2) is 170 Å². The number of hydrogen-bond acceptors (Lipinski definition) is 2. The topological polar surface area (TPSA) is 6.48 Å². The van der Waals surface area contributed by atoms with E-state index in [9.17, 15) is 60.9 Å². The van der Waals surface area contributed by atoms with Crippen LogP contribution in [0.1, 0.15) is 11.1 Å². The van der Waals surface area contributed by atoms with Crippen LogP contribution < -0.4 is 31.0 Å². The Bertz CT molecular complexity index is 2100. The van der Waals surface area contributed by atoms with Crippen LogP contribution in [0.5, 0.6) is 0 Å². The number of nitrogens with zero attached hydrogens (tertiary/aromatic N) is 2. The van der Waals surface area contributed by atoms with Crippen molar-refractivity contribution >= 4 is 78.8 Å². The molecule has 6 aromatic rings. The van der Waals surface area contributed by atoms with Crippen LogP contribution in [-0.2, 0) is 28.8 Å². The van der Waals surface area contributed by atoms with E-state index in [2.05, 4.69) is 107 Å². The Labute approximate surface area is 407 Å². The molecule has 2 aliphatic rings. The fraction of sp³-hybridized carbons (Fsp3) is 0.217. The minimum absolute atomic E-state index is 0. The fourth-order valence-electron chi connectivity index (χ4n) is 7.68. The fourth-order valence-corrected chi connectivity index (χ4v) is 21.1. The average Bonchev–Trinajstić information content (AvgIpc) is 3.67. The Kier molecular flexibility index (Phi) is 22.3. The van der Waals surface area contributed by atoms with Gasteiger partial charge in [-0.25, -0.2) is 0 Å². The number of hydrogen-bond donors (Lipinski definition) is 0. The summed E-state index contributed by atoms with van der Waals surface area (Å²) in [5.41, 5.74) is 0.630. The number of halogens is 14. The Morgan fingerprint density at radius 1 is 0.319 bits per heavy atom. The maximum Gasteiger partial charge on any atom is 2.00 e. The largest absolute Gasteiger partial charge is 2.00 e. The van der Waals surface area contributed by atoms with E-state index in [0.717, 1.165) is 36.5 Å². The van der Waals surface area contributed by atoms with Crippen molar-refractivity contribution < 1.29 is 77.4 Å². The summed E-state index contributed by atoms with van der Waals surface area (Å²) in [7, 11) is -15.2. The van der Waals surface area contributed by atoms with E-state index >= 15 is 0 Å². The van der Waals surface area contributed by atoms with Crippen molar-refractivity contribution in [1.29, 1.82) is 0 Å². The third-order valence-electron chi connectivity index (χ3n) is 10.8.